The molecule has 1 aromatic rings. The van der Waals surface area contributed by atoms with Crippen molar-refractivity contribution in [2.24, 2.45) is 0 Å². The first-order valence-corrected chi connectivity index (χ1v) is 8.18. The summed E-state index contributed by atoms with van der Waals surface area (Å²) < 4.78 is 31.9. The molecule has 0 saturated heterocycles. The van der Waals surface area contributed by atoms with Gasteiger partial charge in [0, 0.05) is 25.9 Å². The highest BCUT2D eigenvalue weighted by Crippen LogP contribution is 2.08. The third kappa shape index (κ3) is 5.16. The van der Waals surface area contributed by atoms with Gasteiger partial charge in [-0.2, -0.15) is 0 Å². The summed E-state index contributed by atoms with van der Waals surface area (Å²) >= 11 is 0. The van der Waals surface area contributed by atoms with Gasteiger partial charge in [0.05, 0.1) is 6.61 Å². The molecular formula is C13H23N3O3S. The standard InChI is InChI=1S/C13H23N3O3S/c1-4-12(10-19-3)16-20(17,18)13-7-6-11(9-15-13)8-14-5-2/h6-7,9,12,14,16H,4-5,8,10H2,1-3H3. The maximum atomic E-state index is 12.2. The van der Waals surface area contributed by atoms with Gasteiger partial charge in [-0.25, -0.2) is 18.1 Å². The monoisotopic (exact) mass is 301 g/mol. The van der Waals surface area contributed by atoms with E-state index in [1.54, 1.807) is 19.4 Å². The predicted molar refractivity (Wildman–Crippen MR) is 77.9 cm³/mol. The normalized spacial score (nSPS) is 13.3. The van der Waals surface area contributed by atoms with Gasteiger partial charge in [-0.05, 0) is 24.6 Å². The quantitative estimate of drug-likeness (QED) is 0.708. The highest BCUT2D eigenvalue weighted by Gasteiger charge is 2.20. The first-order valence-electron chi connectivity index (χ1n) is 6.70. The lowest BCUT2D eigenvalue weighted by Gasteiger charge is -2.15. The lowest BCUT2D eigenvalue weighted by molar-refractivity contribution is 0.173. The Balaban J connectivity index is 2.76. The Hall–Kier alpha value is -1.02. The largest absolute Gasteiger partial charge is 0.383 e. The van der Waals surface area contributed by atoms with E-state index in [0.717, 1.165) is 12.1 Å². The summed E-state index contributed by atoms with van der Waals surface area (Å²) in [4.78, 5) is 4.02. The third-order valence-corrected chi connectivity index (χ3v) is 4.27. The van der Waals surface area contributed by atoms with Crippen LogP contribution in [-0.2, 0) is 21.3 Å². The fourth-order valence-electron chi connectivity index (χ4n) is 1.66. The number of hydrogen-bond donors (Lipinski definition) is 2. The Kier molecular flexibility index (Phi) is 7.08. The number of hydrogen-bond acceptors (Lipinski definition) is 5. The number of nitrogens with zero attached hydrogens (tertiary/aromatic N) is 1. The summed E-state index contributed by atoms with van der Waals surface area (Å²) in [5, 5.41) is 3.19. The average Bonchev–Trinajstić information content (AvgIpc) is 2.45. The topological polar surface area (TPSA) is 80.3 Å². The molecule has 1 aromatic heterocycles. The van der Waals surface area contributed by atoms with E-state index in [4.69, 9.17) is 4.74 Å². The van der Waals surface area contributed by atoms with Crippen molar-refractivity contribution in [3.8, 4) is 0 Å². The molecule has 2 N–H and O–H groups in total. The van der Waals surface area contributed by atoms with Crippen LogP contribution in [0.25, 0.3) is 0 Å². The van der Waals surface area contributed by atoms with Crippen molar-refractivity contribution in [2.75, 3.05) is 20.3 Å². The summed E-state index contributed by atoms with van der Waals surface area (Å²) in [6.45, 7) is 5.79. The molecule has 0 bridgehead atoms. The summed E-state index contributed by atoms with van der Waals surface area (Å²) in [5.74, 6) is 0. The number of aromatic nitrogens is 1. The van der Waals surface area contributed by atoms with Crippen LogP contribution in [0.1, 0.15) is 25.8 Å². The van der Waals surface area contributed by atoms with Gasteiger partial charge in [0.1, 0.15) is 0 Å². The molecule has 0 saturated carbocycles. The van der Waals surface area contributed by atoms with Crippen LogP contribution in [0.5, 0.6) is 0 Å². The van der Waals surface area contributed by atoms with Gasteiger partial charge in [0.15, 0.2) is 5.03 Å². The molecule has 6 nitrogen and oxygen atoms in total. The fraction of sp³-hybridized carbons (Fsp3) is 0.615. The van der Waals surface area contributed by atoms with Crippen LogP contribution < -0.4 is 10.0 Å². The number of methoxy groups -OCH3 is 1. The van der Waals surface area contributed by atoms with E-state index < -0.39 is 10.0 Å². The zero-order valence-corrected chi connectivity index (χ0v) is 13.0. The minimum Gasteiger partial charge on any atom is -0.383 e. The highest BCUT2D eigenvalue weighted by atomic mass is 32.2. The lowest BCUT2D eigenvalue weighted by atomic mass is 10.3. The molecule has 1 rings (SSSR count). The predicted octanol–water partition coefficient (Wildman–Crippen LogP) is 0.894. The third-order valence-electron chi connectivity index (χ3n) is 2.83. The van der Waals surface area contributed by atoms with E-state index in [9.17, 15) is 8.42 Å². The molecule has 114 valence electrons. The van der Waals surface area contributed by atoms with Crippen molar-refractivity contribution < 1.29 is 13.2 Å². The zero-order chi connectivity index (χ0) is 15.0. The van der Waals surface area contributed by atoms with Crippen molar-refractivity contribution in [3.05, 3.63) is 23.9 Å². The van der Waals surface area contributed by atoms with E-state index in [1.165, 1.54) is 6.07 Å². The molecule has 0 fully saturated rings. The van der Waals surface area contributed by atoms with Crippen LogP contribution in [0.4, 0.5) is 0 Å². The summed E-state index contributed by atoms with van der Waals surface area (Å²) in [5.41, 5.74) is 0.953. The molecule has 0 aliphatic carbocycles. The van der Waals surface area contributed by atoms with Crippen molar-refractivity contribution in [1.82, 2.24) is 15.0 Å². The summed E-state index contributed by atoms with van der Waals surface area (Å²) in [7, 11) is -2.05. The summed E-state index contributed by atoms with van der Waals surface area (Å²) in [6, 6.07) is 3.05. The minimum atomic E-state index is -3.59. The molecule has 0 aromatic carbocycles. The number of sulfonamides is 1. The van der Waals surface area contributed by atoms with Gasteiger partial charge in [0.25, 0.3) is 10.0 Å². The second-order valence-electron chi connectivity index (χ2n) is 4.47. The Morgan fingerprint density at radius 3 is 2.60 bits per heavy atom. The van der Waals surface area contributed by atoms with Crippen LogP contribution in [0.3, 0.4) is 0 Å². The zero-order valence-electron chi connectivity index (χ0n) is 12.2. The van der Waals surface area contributed by atoms with Crippen molar-refractivity contribution in [1.29, 1.82) is 0 Å². The second kappa shape index (κ2) is 8.31. The van der Waals surface area contributed by atoms with Gasteiger partial charge in [-0.15, -0.1) is 0 Å². The van der Waals surface area contributed by atoms with Gasteiger partial charge in [0.2, 0.25) is 0 Å². The Morgan fingerprint density at radius 1 is 1.35 bits per heavy atom. The smallest absolute Gasteiger partial charge is 0.258 e. The van der Waals surface area contributed by atoms with E-state index in [2.05, 4.69) is 15.0 Å². The van der Waals surface area contributed by atoms with Crippen LogP contribution in [-0.4, -0.2) is 39.7 Å². The Labute approximate surface area is 121 Å². The van der Waals surface area contributed by atoms with E-state index >= 15 is 0 Å². The van der Waals surface area contributed by atoms with E-state index in [-0.39, 0.29) is 11.1 Å². The first-order chi connectivity index (χ1) is 9.53. The minimum absolute atomic E-state index is 0.0345. The molecule has 1 atom stereocenters. The van der Waals surface area contributed by atoms with Crippen molar-refractivity contribution in [3.63, 3.8) is 0 Å². The van der Waals surface area contributed by atoms with Gasteiger partial charge in [-0.3, -0.25) is 0 Å². The molecule has 1 heterocycles. The van der Waals surface area contributed by atoms with Crippen LogP contribution in [0.2, 0.25) is 0 Å². The first kappa shape index (κ1) is 17.0. The molecular weight excluding hydrogens is 278 g/mol. The van der Waals surface area contributed by atoms with E-state index in [0.29, 0.717) is 19.6 Å². The van der Waals surface area contributed by atoms with Gasteiger partial charge >= 0.3 is 0 Å². The molecule has 0 aliphatic rings. The number of nitrogens with one attached hydrogen (secondary N) is 2. The lowest BCUT2D eigenvalue weighted by Crippen LogP contribution is -2.37. The Bertz CT molecular complexity index is 488. The molecule has 20 heavy (non-hydrogen) atoms. The highest BCUT2D eigenvalue weighted by molar-refractivity contribution is 7.89. The van der Waals surface area contributed by atoms with Crippen LogP contribution in [0.15, 0.2) is 23.4 Å². The summed E-state index contributed by atoms with van der Waals surface area (Å²) in [6.07, 6.45) is 2.24. The number of rotatable bonds is 9. The van der Waals surface area contributed by atoms with Crippen molar-refractivity contribution in [2.45, 2.75) is 37.9 Å². The van der Waals surface area contributed by atoms with Gasteiger partial charge in [-0.1, -0.05) is 19.9 Å². The molecule has 1 unspecified atom stereocenters. The second-order valence-corrected chi connectivity index (χ2v) is 6.13. The van der Waals surface area contributed by atoms with Crippen LogP contribution >= 0.6 is 0 Å². The number of pyridine rings is 1. The van der Waals surface area contributed by atoms with Crippen LogP contribution in [0, 0.1) is 0 Å². The maximum Gasteiger partial charge on any atom is 0.258 e. The SMILES string of the molecule is CCNCc1ccc(S(=O)(=O)NC(CC)COC)nc1. The molecule has 0 radical (unpaired) electrons. The molecule has 0 aliphatic heterocycles. The average molecular weight is 301 g/mol. The number of ether oxygens (including phenoxy) is 1. The Morgan fingerprint density at radius 2 is 2.10 bits per heavy atom. The fourth-order valence-corrected chi connectivity index (χ4v) is 2.89. The molecule has 0 spiro atoms. The van der Waals surface area contributed by atoms with Gasteiger partial charge < -0.3 is 10.1 Å². The maximum absolute atomic E-state index is 12.2. The van der Waals surface area contributed by atoms with Crippen molar-refractivity contribution >= 4 is 10.0 Å². The molecule has 7 heteroatoms. The van der Waals surface area contributed by atoms with E-state index in [1.807, 2.05) is 13.8 Å². The molecule has 0 amide bonds.